The average Bonchev–Trinajstić information content (AvgIpc) is 1.95. The van der Waals surface area contributed by atoms with Crippen molar-refractivity contribution in [1.82, 2.24) is 10.2 Å². The van der Waals surface area contributed by atoms with Crippen LogP contribution in [0.2, 0.25) is 0 Å². The third-order valence-electron chi connectivity index (χ3n) is 1.79. The van der Waals surface area contributed by atoms with Gasteiger partial charge >= 0.3 is 0 Å². The van der Waals surface area contributed by atoms with Gasteiger partial charge in [-0.3, -0.25) is 19.8 Å². The van der Waals surface area contributed by atoms with Crippen LogP contribution < -0.4 is 5.32 Å². The summed E-state index contributed by atoms with van der Waals surface area (Å²) in [6, 6.07) is 0. The van der Waals surface area contributed by atoms with Crippen molar-refractivity contribution in [3.8, 4) is 0 Å². The second kappa shape index (κ2) is 3.46. The van der Waals surface area contributed by atoms with E-state index in [2.05, 4.69) is 5.32 Å². The van der Waals surface area contributed by atoms with Gasteiger partial charge in [0.1, 0.15) is 0 Å². The maximum absolute atomic E-state index is 11.3. The molecule has 1 rings (SSSR count). The van der Waals surface area contributed by atoms with Gasteiger partial charge in [-0.1, -0.05) is 20.8 Å². The smallest absolute Gasteiger partial charge is 0.243 e. The molecule has 13 heavy (non-hydrogen) atoms. The van der Waals surface area contributed by atoms with Crippen molar-refractivity contribution in [3.63, 3.8) is 0 Å². The van der Waals surface area contributed by atoms with E-state index in [1.165, 1.54) is 4.90 Å². The number of hydrogen-bond donors (Lipinski definition) is 1. The Kier molecular flexibility index (Phi) is 2.71. The van der Waals surface area contributed by atoms with Crippen LogP contribution in [-0.2, 0) is 9.59 Å². The van der Waals surface area contributed by atoms with Crippen LogP contribution in [0, 0.1) is 5.41 Å². The van der Waals surface area contributed by atoms with Crippen molar-refractivity contribution in [2.75, 3.05) is 19.6 Å². The van der Waals surface area contributed by atoms with Gasteiger partial charge in [-0.25, -0.2) is 0 Å². The molecule has 0 aromatic carbocycles. The van der Waals surface area contributed by atoms with Crippen LogP contribution in [0.25, 0.3) is 0 Å². The van der Waals surface area contributed by atoms with E-state index in [-0.39, 0.29) is 30.3 Å². The molecule has 4 heteroatoms. The predicted octanol–water partition coefficient (Wildman–Crippen LogP) is -0.00910. The summed E-state index contributed by atoms with van der Waals surface area (Å²) in [6.45, 7) is 7.09. The summed E-state index contributed by atoms with van der Waals surface area (Å²) >= 11 is 0. The number of imide groups is 1. The van der Waals surface area contributed by atoms with Crippen molar-refractivity contribution in [3.05, 3.63) is 0 Å². The Bertz CT molecular complexity index is 214. The molecule has 0 spiro atoms. The highest BCUT2D eigenvalue weighted by Gasteiger charge is 2.28. The van der Waals surface area contributed by atoms with Gasteiger partial charge in [-0.05, 0) is 5.41 Å². The van der Waals surface area contributed by atoms with Crippen LogP contribution in [0.5, 0.6) is 0 Å². The summed E-state index contributed by atoms with van der Waals surface area (Å²) in [6.07, 6.45) is 0. The maximum Gasteiger partial charge on any atom is 0.243 e. The van der Waals surface area contributed by atoms with E-state index in [0.717, 1.165) is 0 Å². The lowest BCUT2D eigenvalue weighted by molar-refractivity contribution is -0.148. The minimum atomic E-state index is -0.119. The first kappa shape index (κ1) is 10.2. The molecule has 0 saturated carbocycles. The molecule has 0 aromatic rings. The van der Waals surface area contributed by atoms with Gasteiger partial charge in [-0.2, -0.15) is 0 Å². The quantitative estimate of drug-likeness (QED) is 0.583. The van der Waals surface area contributed by atoms with E-state index < -0.39 is 0 Å². The summed E-state index contributed by atoms with van der Waals surface area (Å²) in [7, 11) is 0. The fourth-order valence-corrected chi connectivity index (χ4v) is 1.26. The van der Waals surface area contributed by atoms with Crippen molar-refractivity contribution in [2.45, 2.75) is 20.8 Å². The van der Waals surface area contributed by atoms with E-state index in [0.29, 0.717) is 6.54 Å². The number of hydrogen-bond acceptors (Lipinski definition) is 3. The number of nitrogens with zero attached hydrogens (tertiary/aromatic N) is 1. The second-order valence-electron chi connectivity index (χ2n) is 4.54. The highest BCUT2D eigenvalue weighted by Crippen LogP contribution is 2.15. The fourth-order valence-electron chi connectivity index (χ4n) is 1.26. The van der Waals surface area contributed by atoms with Crippen LogP contribution in [0.15, 0.2) is 0 Å². The van der Waals surface area contributed by atoms with Crippen molar-refractivity contribution >= 4 is 11.8 Å². The Morgan fingerprint density at radius 3 is 2.08 bits per heavy atom. The normalized spacial score (nSPS) is 19.5. The molecule has 1 N–H and O–H groups in total. The molecule has 74 valence electrons. The lowest BCUT2D eigenvalue weighted by atomic mass is 9.95. The van der Waals surface area contributed by atoms with E-state index in [4.69, 9.17) is 0 Å². The predicted molar refractivity (Wildman–Crippen MR) is 49.0 cm³/mol. The molecule has 0 bridgehead atoms. The van der Waals surface area contributed by atoms with Crippen LogP contribution >= 0.6 is 0 Å². The summed E-state index contributed by atoms with van der Waals surface area (Å²) in [4.78, 5) is 24.0. The van der Waals surface area contributed by atoms with Gasteiger partial charge in [0, 0.05) is 6.54 Å². The molecule has 1 aliphatic heterocycles. The molecule has 2 amide bonds. The van der Waals surface area contributed by atoms with Gasteiger partial charge in [0.2, 0.25) is 11.8 Å². The molecule has 0 unspecified atom stereocenters. The van der Waals surface area contributed by atoms with Gasteiger partial charge < -0.3 is 0 Å². The average molecular weight is 184 g/mol. The minimum Gasteiger partial charge on any atom is -0.300 e. The van der Waals surface area contributed by atoms with E-state index in [1.807, 2.05) is 20.8 Å². The highest BCUT2D eigenvalue weighted by molar-refractivity contribution is 5.99. The first-order valence-electron chi connectivity index (χ1n) is 4.44. The van der Waals surface area contributed by atoms with Crippen molar-refractivity contribution in [2.24, 2.45) is 5.41 Å². The number of carbonyl (C=O) groups excluding carboxylic acids is 2. The summed E-state index contributed by atoms with van der Waals surface area (Å²) in [5.41, 5.74) is -0.0251. The van der Waals surface area contributed by atoms with Gasteiger partial charge in [0.25, 0.3) is 0 Å². The Morgan fingerprint density at radius 1 is 1.23 bits per heavy atom. The molecule has 0 aromatic heterocycles. The number of rotatable bonds is 1. The number of nitrogens with one attached hydrogen (secondary N) is 1. The Balaban J connectivity index is 2.65. The van der Waals surface area contributed by atoms with Crippen LogP contribution in [0.1, 0.15) is 20.8 Å². The van der Waals surface area contributed by atoms with Gasteiger partial charge in [0.05, 0.1) is 13.1 Å². The third kappa shape index (κ3) is 2.81. The molecular weight excluding hydrogens is 168 g/mol. The fraction of sp³-hybridized carbons (Fsp3) is 0.778. The minimum absolute atomic E-state index is 0.0251. The molecule has 4 nitrogen and oxygen atoms in total. The highest BCUT2D eigenvalue weighted by atomic mass is 16.2. The van der Waals surface area contributed by atoms with Crippen LogP contribution in [-0.4, -0.2) is 36.3 Å². The van der Waals surface area contributed by atoms with E-state index >= 15 is 0 Å². The summed E-state index contributed by atoms with van der Waals surface area (Å²) in [5.74, 6) is -0.239. The molecule has 0 atom stereocenters. The molecule has 0 radical (unpaired) electrons. The molecule has 1 saturated heterocycles. The van der Waals surface area contributed by atoms with Gasteiger partial charge in [0.15, 0.2) is 0 Å². The van der Waals surface area contributed by atoms with E-state index in [1.54, 1.807) is 0 Å². The molecule has 0 aliphatic carbocycles. The number of amides is 2. The first-order valence-corrected chi connectivity index (χ1v) is 4.44. The maximum atomic E-state index is 11.3. The van der Waals surface area contributed by atoms with Crippen LogP contribution in [0.4, 0.5) is 0 Å². The topological polar surface area (TPSA) is 49.4 Å². The SMILES string of the molecule is CC(C)(C)CN1C(=O)CNCC1=O. The lowest BCUT2D eigenvalue weighted by Crippen LogP contribution is -2.54. The summed E-state index contributed by atoms with van der Waals surface area (Å²) in [5, 5.41) is 2.76. The molecule has 1 heterocycles. The van der Waals surface area contributed by atoms with Crippen molar-refractivity contribution in [1.29, 1.82) is 0 Å². The Morgan fingerprint density at radius 2 is 1.69 bits per heavy atom. The van der Waals surface area contributed by atoms with Gasteiger partial charge in [-0.15, -0.1) is 0 Å². The Labute approximate surface area is 78.3 Å². The first-order chi connectivity index (χ1) is 5.90. The zero-order valence-corrected chi connectivity index (χ0v) is 8.39. The largest absolute Gasteiger partial charge is 0.300 e. The number of carbonyl (C=O) groups is 2. The lowest BCUT2D eigenvalue weighted by Gasteiger charge is -2.31. The monoisotopic (exact) mass is 184 g/mol. The zero-order chi connectivity index (χ0) is 10.1. The van der Waals surface area contributed by atoms with E-state index in [9.17, 15) is 9.59 Å². The third-order valence-corrected chi connectivity index (χ3v) is 1.79. The molecule has 1 fully saturated rings. The Hall–Kier alpha value is -0.900. The standard InChI is InChI=1S/C9H16N2O2/c1-9(2,3)6-11-7(12)4-10-5-8(11)13/h10H,4-6H2,1-3H3. The van der Waals surface area contributed by atoms with Crippen LogP contribution in [0.3, 0.4) is 0 Å². The molecule has 1 aliphatic rings. The van der Waals surface area contributed by atoms with Crippen molar-refractivity contribution < 1.29 is 9.59 Å². The molecular formula is C9H16N2O2. The second-order valence-corrected chi connectivity index (χ2v) is 4.54. The number of piperazine rings is 1. The summed E-state index contributed by atoms with van der Waals surface area (Å²) < 4.78 is 0. The zero-order valence-electron chi connectivity index (χ0n) is 8.39.